The van der Waals surface area contributed by atoms with Crippen LogP contribution < -0.4 is 5.32 Å². The molecule has 2 aliphatic heterocycles. The third-order valence-electron chi connectivity index (χ3n) is 3.74. The van der Waals surface area contributed by atoms with Crippen LogP contribution in [0.1, 0.15) is 25.7 Å². The maximum Gasteiger partial charge on any atom is 0.0507 e. The van der Waals surface area contributed by atoms with E-state index in [4.69, 9.17) is 4.74 Å². The lowest BCUT2D eigenvalue weighted by atomic mass is 10.0. The van der Waals surface area contributed by atoms with Gasteiger partial charge < -0.3 is 15.0 Å². The molecule has 3 heteroatoms. The number of hydrogen-bond donors (Lipinski definition) is 1. The van der Waals surface area contributed by atoms with E-state index in [9.17, 15) is 0 Å². The van der Waals surface area contributed by atoms with Crippen molar-refractivity contribution in [1.82, 2.24) is 10.2 Å². The molecule has 1 N–H and O–H groups in total. The van der Waals surface area contributed by atoms with Gasteiger partial charge in [0.25, 0.3) is 0 Å². The van der Waals surface area contributed by atoms with Gasteiger partial charge in [0.1, 0.15) is 0 Å². The van der Waals surface area contributed by atoms with Gasteiger partial charge in [0.2, 0.25) is 0 Å². The van der Waals surface area contributed by atoms with Gasteiger partial charge in [0.05, 0.1) is 6.61 Å². The Bertz CT molecular complexity index is 172. The van der Waals surface area contributed by atoms with Gasteiger partial charge in [-0.1, -0.05) is 0 Å². The SMILES string of the molecule is CN(CC1CCOC1)C1CCCNCC1. The number of rotatable bonds is 3. The highest BCUT2D eigenvalue weighted by Crippen LogP contribution is 2.18. The molecule has 2 aliphatic rings. The first-order valence-electron chi connectivity index (χ1n) is 6.35. The number of ether oxygens (including phenoxy) is 1. The van der Waals surface area contributed by atoms with Gasteiger partial charge in [-0.25, -0.2) is 0 Å². The summed E-state index contributed by atoms with van der Waals surface area (Å²) in [4.78, 5) is 2.56. The van der Waals surface area contributed by atoms with Crippen LogP contribution in [0.5, 0.6) is 0 Å². The number of nitrogens with one attached hydrogen (secondary N) is 1. The minimum Gasteiger partial charge on any atom is -0.381 e. The van der Waals surface area contributed by atoms with Crippen LogP contribution in [0.15, 0.2) is 0 Å². The fourth-order valence-corrected chi connectivity index (χ4v) is 2.73. The third kappa shape index (κ3) is 3.44. The molecule has 0 spiro atoms. The molecule has 2 unspecified atom stereocenters. The van der Waals surface area contributed by atoms with E-state index in [2.05, 4.69) is 17.3 Å². The van der Waals surface area contributed by atoms with Crippen molar-refractivity contribution in [3.63, 3.8) is 0 Å². The highest BCUT2D eigenvalue weighted by Gasteiger charge is 2.22. The summed E-state index contributed by atoms with van der Waals surface area (Å²) in [6.07, 6.45) is 5.26. The van der Waals surface area contributed by atoms with E-state index in [1.807, 2.05) is 0 Å². The maximum absolute atomic E-state index is 5.43. The van der Waals surface area contributed by atoms with Crippen molar-refractivity contribution in [2.45, 2.75) is 31.7 Å². The van der Waals surface area contributed by atoms with Crippen molar-refractivity contribution in [1.29, 1.82) is 0 Å². The first kappa shape index (κ1) is 11.4. The molecule has 0 aliphatic carbocycles. The van der Waals surface area contributed by atoms with Crippen molar-refractivity contribution in [2.24, 2.45) is 5.92 Å². The molecule has 2 heterocycles. The molecule has 0 radical (unpaired) electrons. The van der Waals surface area contributed by atoms with Gasteiger partial charge in [-0.3, -0.25) is 0 Å². The van der Waals surface area contributed by atoms with Gasteiger partial charge in [0.15, 0.2) is 0 Å². The molecule has 0 aromatic heterocycles. The van der Waals surface area contributed by atoms with E-state index in [0.29, 0.717) is 0 Å². The van der Waals surface area contributed by atoms with Crippen LogP contribution in [0.4, 0.5) is 0 Å². The lowest BCUT2D eigenvalue weighted by Gasteiger charge is -2.28. The Morgan fingerprint density at radius 3 is 3.00 bits per heavy atom. The Kier molecular flexibility index (Phi) is 4.42. The molecule has 2 saturated heterocycles. The Labute approximate surface area is 93.2 Å². The first-order chi connectivity index (χ1) is 7.36. The summed E-state index contributed by atoms with van der Waals surface area (Å²) in [5.74, 6) is 0.784. The molecule has 3 nitrogen and oxygen atoms in total. The van der Waals surface area contributed by atoms with Crippen molar-refractivity contribution in [3.8, 4) is 0 Å². The van der Waals surface area contributed by atoms with Crippen molar-refractivity contribution >= 4 is 0 Å². The van der Waals surface area contributed by atoms with Crippen molar-refractivity contribution in [3.05, 3.63) is 0 Å². The average molecular weight is 212 g/mol. The van der Waals surface area contributed by atoms with E-state index in [1.165, 1.54) is 45.3 Å². The predicted molar refractivity (Wildman–Crippen MR) is 62.1 cm³/mol. The molecule has 0 aromatic rings. The number of nitrogens with zero attached hydrogens (tertiary/aromatic N) is 1. The molecule has 2 atom stereocenters. The highest BCUT2D eigenvalue weighted by atomic mass is 16.5. The zero-order chi connectivity index (χ0) is 10.5. The Morgan fingerprint density at radius 1 is 1.27 bits per heavy atom. The first-order valence-corrected chi connectivity index (χ1v) is 6.35. The molecule has 2 fully saturated rings. The Hall–Kier alpha value is -0.120. The van der Waals surface area contributed by atoms with Crippen LogP contribution in [0.25, 0.3) is 0 Å². The van der Waals surface area contributed by atoms with E-state index in [1.54, 1.807) is 0 Å². The molecular formula is C12H24N2O. The maximum atomic E-state index is 5.43. The molecule has 0 aromatic carbocycles. The molecule has 88 valence electrons. The van der Waals surface area contributed by atoms with Crippen LogP contribution in [0.2, 0.25) is 0 Å². The fraction of sp³-hybridized carbons (Fsp3) is 1.00. The standard InChI is InChI=1S/C12H24N2O/c1-14(9-11-5-8-15-10-11)12-3-2-6-13-7-4-12/h11-13H,2-10H2,1H3. The molecule has 0 saturated carbocycles. The molecule has 0 bridgehead atoms. The minimum absolute atomic E-state index is 0.784. The smallest absolute Gasteiger partial charge is 0.0507 e. The van der Waals surface area contributed by atoms with Gasteiger partial charge in [-0.05, 0) is 51.7 Å². The molecule has 0 amide bonds. The summed E-state index contributed by atoms with van der Waals surface area (Å²) in [5.41, 5.74) is 0. The monoisotopic (exact) mass is 212 g/mol. The predicted octanol–water partition coefficient (Wildman–Crippen LogP) is 1.10. The van der Waals surface area contributed by atoms with Gasteiger partial charge >= 0.3 is 0 Å². The topological polar surface area (TPSA) is 24.5 Å². The highest BCUT2D eigenvalue weighted by molar-refractivity contribution is 4.77. The lowest BCUT2D eigenvalue weighted by Crippen LogP contribution is -2.36. The van der Waals surface area contributed by atoms with Crippen LogP contribution in [0.3, 0.4) is 0 Å². The summed E-state index contributed by atoms with van der Waals surface area (Å²) in [6.45, 7) is 5.58. The average Bonchev–Trinajstić information content (AvgIpc) is 2.58. The third-order valence-corrected chi connectivity index (χ3v) is 3.74. The van der Waals surface area contributed by atoms with Crippen molar-refractivity contribution in [2.75, 3.05) is 39.9 Å². The summed E-state index contributed by atoms with van der Waals surface area (Å²) < 4.78 is 5.43. The summed E-state index contributed by atoms with van der Waals surface area (Å²) >= 11 is 0. The fourth-order valence-electron chi connectivity index (χ4n) is 2.73. The summed E-state index contributed by atoms with van der Waals surface area (Å²) in [7, 11) is 2.29. The van der Waals surface area contributed by atoms with Gasteiger partial charge in [-0.15, -0.1) is 0 Å². The second-order valence-corrected chi connectivity index (χ2v) is 5.00. The molecule has 15 heavy (non-hydrogen) atoms. The largest absolute Gasteiger partial charge is 0.381 e. The lowest BCUT2D eigenvalue weighted by molar-refractivity contribution is 0.155. The zero-order valence-corrected chi connectivity index (χ0v) is 9.87. The van der Waals surface area contributed by atoms with E-state index >= 15 is 0 Å². The second kappa shape index (κ2) is 5.83. The summed E-state index contributed by atoms with van der Waals surface area (Å²) in [6, 6.07) is 0.792. The van der Waals surface area contributed by atoms with Crippen LogP contribution >= 0.6 is 0 Å². The van der Waals surface area contributed by atoms with Crippen LogP contribution in [-0.2, 0) is 4.74 Å². The van der Waals surface area contributed by atoms with Crippen LogP contribution in [0, 0.1) is 5.92 Å². The quantitative estimate of drug-likeness (QED) is 0.758. The Balaban J connectivity index is 1.74. The van der Waals surface area contributed by atoms with E-state index in [0.717, 1.165) is 25.2 Å². The molecular weight excluding hydrogens is 188 g/mol. The summed E-state index contributed by atoms with van der Waals surface area (Å²) in [5, 5.41) is 3.47. The van der Waals surface area contributed by atoms with E-state index in [-0.39, 0.29) is 0 Å². The van der Waals surface area contributed by atoms with E-state index < -0.39 is 0 Å². The van der Waals surface area contributed by atoms with Gasteiger partial charge in [-0.2, -0.15) is 0 Å². The normalized spacial score (nSPS) is 33.2. The van der Waals surface area contributed by atoms with Crippen LogP contribution in [-0.4, -0.2) is 50.8 Å². The number of hydrogen-bond acceptors (Lipinski definition) is 3. The minimum atomic E-state index is 0.784. The van der Waals surface area contributed by atoms with Crippen molar-refractivity contribution < 1.29 is 4.74 Å². The van der Waals surface area contributed by atoms with Gasteiger partial charge in [0, 0.05) is 19.2 Å². The zero-order valence-electron chi connectivity index (χ0n) is 9.87. The Morgan fingerprint density at radius 2 is 2.20 bits per heavy atom. The second-order valence-electron chi connectivity index (χ2n) is 5.00. The molecule has 2 rings (SSSR count).